The van der Waals surface area contributed by atoms with Gasteiger partial charge in [0.25, 0.3) is 5.91 Å². The lowest BCUT2D eigenvalue weighted by Gasteiger charge is -2.13. The average molecular weight is 325 g/mol. The Morgan fingerprint density at radius 3 is 2.57 bits per heavy atom. The molecule has 1 aromatic carbocycles. The number of aromatic nitrogens is 2. The van der Waals surface area contributed by atoms with E-state index in [-0.39, 0.29) is 18.2 Å². The maximum absolute atomic E-state index is 12.1. The lowest BCUT2D eigenvalue weighted by Crippen LogP contribution is -2.28. The molecule has 0 saturated carbocycles. The summed E-state index contributed by atoms with van der Waals surface area (Å²) < 4.78 is 29.9. The molecule has 1 amide bonds. The molecule has 0 bridgehead atoms. The van der Waals surface area contributed by atoms with Crippen molar-refractivity contribution in [3.05, 3.63) is 47.3 Å². The van der Waals surface area contributed by atoms with Crippen LogP contribution in [0.2, 0.25) is 0 Å². The molecule has 1 heterocycles. The standard InChI is InChI=1S/C15H17F2N3O3/c1-9-12(7-19-20(9)2)14(22)18-8-13(21)10-3-5-11(6-4-10)23-15(16)17/h3-7,13,15,21H,8H2,1-2H3,(H,18,22). The number of halogens is 2. The summed E-state index contributed by atoms with van der Waals surface area (Å²) in [5.74, 6) is -0.335. The highest BCUT2D eigenvalue weighted by atomic mass is 19.3. The number of amides is 1. The van der Waals surface area contributed by atoms with Crippen LogP contribution in [0, 0.1) is 6.92 Å². The van der Waals surface area contributed by atoms with Crippen LogP contribution in [0.15, 0.2) is 30.5 Å². The molecule has 0 radical (unpaired) electrons. The number of hydrogen-bond donors (Lipinski definition) is 2. The van der Waals surface area contributed by atoms with Crippen molar-refractivity contribution < 1.29 is 23.4 Å². The molecular formula is C15H17F2N3O3. The van der Waals surface area contributed by atoms with Gasteiger partial charge in [0.2, 0.25) is 0 Å². The highest BCUT2D eigenvalue weighted by Crippen LogP contribution is 2.19. The predicted molar refractivity (Wildman–Crippen MR) is 78.3 cm³/mol. The Hall–Kier alpha value is -2.48. The summed E-state index contributed by atoms with van der Waals surface area (Å²) in [6, 6.07) is 5.59. The van der Waals surface area contributed by atoms with Gasteiger partial charge < -0.3 is 15.2 Å². The van der Waals surface area contributed by atoms with Crippen molar-refractivity contribution in [2.75, 3.05) is 6.54 Å². The van der Waals surface area contributed by atoms with Crippen molar-refractivity contribution in [3.8, 4) is 5.75 Å². The first-order chi connectivity index (χ1) is 10.9. The molecule has 0 spiro atoms. The lowest BCUT2D eigenvalue weighted by molar-refractivity contribution is -0.0498. The zero-order chi connectivity index (χ0) is 17.0. The fourth-order valence-electron chi connectivity index (χ4n) is 2.00. The number of nitrogens with zero attached hydrogens (tertiary/aromatic N) is 2. The summed E-state index contributed by atoms with van der Waals surface area (Å²) in [6.45, 7) is -1.14. The highest BCUT2D eigenvalue weighted by Gasteiger charge is 2.15. The number of carbonyl (C=O) groups excluding carboxylic acids is 1. The molecule has 0 aliphatic heterocycles. The Morgan fingerprint density at radius 2 is 2.04 bits per heavy atom. The third-order valence-corrected chi connectivity index (χ3v) is 3.43. The molecule has 0 aliphatic carbocycles. The van der Waals surface area contributed by atoms with Gasteiger partial charge in [-0.2, -0.15) is 13.9 Å². The minimum absolute atomic E-state index is 0.00553. The summed E-state index contributed by atoms with van der Waals surface area (Å²) in [5, 5.41) is 16.6. The SMILES string of the molecule is Cc1c(C(=O)NCC(O)c2ccc(OC(F)F)cc2)cnn1C. The first-order valence-corrected chi connectivity index (χ1v) is 6.88. The third kappa shape index (κ3) is 4.26. The molecular weight excluding hydrogens is 308 g/mol. The zero-order valence-corrected chi connectivity index (χ0v) is 12.7. The monoisotopic (exact) mass is 325 g/mol. The van der Waals surface area contributed by atoms with Gasteiger partial charge in [-0.25, -0.2) is 0 Å². The fraction of sp³-hybridized carbons (Fsp3) is 0.333. The molecule has 1 unspecified atom stereocenters. The molecule has 23 heavy (non-hydrogen) atoms. The second kappa shape index (κ2) is 7.19. The van der Waals surface area contributed by atoms with E-state index >= 15 is 0 Å². The second-order valence-electron chi connectivity index (χ2n) is 4.94. The first kappa shape index (κ1) is 16.9. The van der Waals surface area contributed by atoms with Crippen LogP contribution in [-0.4, -0.2) is 34.0 Å². The number of ether oxygens (including phenoxy) is 1. The van der Waals surface area contributed by atoms with E-state index in [4.69, 9.17) is 0 Å². The number of aryl methyl sites for hydroxylation is 1. The molecule has 6 nitrogen and oxygen atoms in total. The van der Waals surface area contributed by atoms with E-state index in [9.17, 15) is 18.7 Å². The Balaban J connectivity index is 1.92. The zero-order valence-electron chi connectivity index (χ0n) is 12.7. The van der Waals surface area contributed by atoms with Gasteiger partial charge >= 0.3 is 6.61 Å². The molecule has 0 aliphatic rings. The molecule has 2 rings (SSSR count). The number of aliphatic hydroxyl groups is 1. The van der Waals surface area contributed by atoms with Crippen LogP contribution in [-0.2, 0) is 7.05 Å². The number of alkyl halides is 2. The number of hydrogen-bond acceptors (Lipinski definition) is 4. The van der Waals surface area contributed by atoms with Crippen LogP contribution in [0.3, 0.4) is 0 Å². The van der Waals surface area contributed by atoms with Gasteiger partial charge in [-0.3, -0.25) is 9.48 Å². The Bertz CT molecular complexity index is 671. The fourth-order valence-corrected chi connectivity index (χ4v) is 2.00. The Labute approximate surface area is 131 Å². The van der Waals surface area contributed by atoms with E-state index < -0.39 is 12.7 Å². The van der Waals surface area contributed by atoms with Crippen molar-refractivity contribution in [3.63, 3.8) is 0 Å². The summed E-state index contributed by atoms with van der Waals surface area (Å²) in [5.41, 5.74) is 1.63. The summed E-state index contributed by atoms with van der Waals surface area (Å²) in [6.07, 6.45) is 0.490. The molecule has 1 atom stereocenters. The minimum atomic E-state index is -2.90. The number of aliphatic hydroxyl groups excluding tert-OH is 1. The smallest absolute Gasteiger partial charge is 0.387 e. The molecule has 2 N–H and O–H groups in total. The highest BCUT2D eigenvalue weighted by molar-refractivity contribution is 5.95. The van der Waals surface area contributed by atoms with Crippen molar-refractivity contribution in [1.82, 2.24) is 15.1 Å². The molecule has 0 saturated heterocycles. The van der Waals surface area contributed by atoms with Crippen molar-refractivity contribution in [2.24, 2.45) is 7.05 Å². The number of benzene rings is 1. The molecule has 0 fully saturated rings. The predicted octanol–water partition coefficient (Wildman–Crippen LogP) is 1.79. The van der Waals surface area contributed by atoms with Gasteiger partial charge in [0.1, 0.15) is 5.75 Å². The molecule has 1 aromatic heterocycles. The molecule has 124 valence electrons. The summed E-state index contributed by atoms with van der Waals surface area (Å²) in [7, 11) is 1.73. The molecule has 8 heteroatoms. The van der Waals surface area contributed by atoms with Crippen LogP contribution < -0.4 is 10.1 Å². The van der Waals surface area contributed by atoms with E-state index in [0.29, 0.717) is 16.8 Å². The topological polar surface area (TPSA) is 76.4 Å². The Kier molecular flexibility index (Phi) is 5.28. The maximum Gasteiger partial charge on any atom is 0.387 e. The van der Waals surface area contributed by atoms with Crippen LogP contribution in [0.4, 0.5) is 8.78 Å². The lowest BCUT2D eigenvalue weighted by atomic mass is 10.1. The quantitative estimate of drug-likeness (QED) is 0.849. The van der Waals surface area contributed by atoms with Gasteiger partial charge in [0.05, 0.1) is 17.9 Å². The minimum Gasteiger partial charge on any atom is -0.435 e. The maximum atomic E-state index is 12.1. The van der Waals surface area contributed by atoms with Gasteiger partial charge in [0.15, 0.2) is 0 Å². The van der Waals surface area contributed by atoms with E-state index in [1.165, 1.54) is 30.5 Å². The van der Waals surface area contributed by atoms with Crippen molar-refractivity contribution in [1.29, 1.82) is 0 Å². The number of nitrogens with one attached hydrogen (secondary N) is 1. The van der Waals surface area contributed by atoms with E-state index in [1.807, 2.05) is 0 Å². The average Bonchev–Trinajstić information content (AvgIpc) is 2.84. The van der Waals surface area contributed by atoms with Gasteiger partial charge in [-0.05, 0) is 24.6 Å². The third-order valence-electron chi connectivity index (χ3n) is 3.43. The number of rotatable bonds is 6. The molecule has 2 aromatic rings. The van der Waals surface area contributed by atoms with E-state index in [1.54, 1.807) is 18.7 Å². The first-order valence-electron chi connectivity index (χ1n) is 6.88. The van der Waals surface area contributed by atoms with E-state index in [2.05, 4.69) is 15.2 Å². The van der Waals surface area contributed by atoms with E-state index in [0.717, 1.165) is 0 Å². The van der Waals surface area contributed by atoms with Crippen molar-refractivity contribution >= 4 is 5.91 Å². The van der Waals surface area contributed by atoms with Crippen LogP contribution >= 0.6 is 0 Å². The summed E-state index contributed by atoms with van der Waals surface area (Å²) >= 11 is 0. The normalized spacial score (nSPS) is 12.3. The summed E-state index contributed by atoms with van der Waals surface area (Å²) in [4.78, 5) is 12.0. The Morgan fingerprint density at radius 1 is 1.39 bits per heavy atom. The largest absolute Gasteiger partial charge is 0.435 e. The van der Waals surface area contributed by atoms with Crippen molar-refractivity contribution in [2.45, 2.75) is 19.6 Å². The number of carbonyl (C=O) groups is 1. The van der Waals surface area contributed by atoms with Crippen LogP contribution in [0.5, 0.6) is 5.75 Å². The van der Waals surface area contributed by atoms with Gasteiger partial charge in [-0.15, -0.1) is 0 Å². The van der Waals surface area contributed by atoms with Crippen LogP contribution in [0.25, 0.3) is 0 Å². The van der Waals surface area contributed by atoms with Gasteiger partial charge in [0, 0.05) is 19.3 Å². The van der Waals surface area contributed by atoms with Crippen LogP contribution in [0.1, 0.15) is 27.7 Å². The second-order valence-corrected chi connectivity index (χ2v) is 4.94. The van der Waals surface area contributed by atoms with Gasteiger partial charge in [-0.1, -0.05) is 12.1 Å².